The van der Waals surface area contributed by atoms with Gasteiger partial charge in [-0.1, -0.05) is 6.92 Å². The molecule has 26 heavy (non-hydrogen) atoms. The number of carbonyl (C=O) groups is 2. The van der Waals surface area contributed by atoms with Crippen molar-refractivity contribution in [3.63, 3.8) is 0 Å². The number of thiophene rings is 1. The van der Waals surface area contributed by atoms with Gasteiger partial charge >= 0.3 is 5.97 Å². The van der Waals surface area contributed by atoms with Gasteiger partial charge in [0.05, 0.1) is 12.2 Å². The highest BCUT2D eigenvalue weighted by Crippen LogP contribution is 2.36. The van der Waals surface area contributed by atoms with Crippen LogP contribution in [0.1, 0.15) is 66.8 Å². The fraction of sp³-hybridized carbons (Fsp3) is 0.684. The molecule has 2 unspecified atom stereocenters. The molecule has 0 saturated carbocycles. The van der Waals surface area contributed by atoms with Gasteiger partial charge in [0, 0.05) is 23.4 Å². The number of carbonyl (C=O) groups excluding carboxylic acids is 2. The van der Waals surface area contributed by atoms with E-state index in [1.54, 1.807) is 6.92 Å². The highest BCUT2D eigenvalue weighted by Gasteiger charge is 2.34. The van der Waals surface area contributed by atoms with Crippen molar-refractivity contribution in [1.82, 2.24) is 5.32 Å². The predicted octanol–water partition coefficient (Wildman–Crippen LogP) is 4.08. The molecule has 2 N–H and O–H groups in total. The lowest BCUT2D eigenvalue weighted by Gasteiger charge is -2.28. The minimum Gasteiger partial charge on any atom is -0.462 e. The standard InChI is InChI=1S/C19H28N2O3S.ClH/c1-4-15-11(3)25-18(17(15)19(23)24-5-2)21-16(22)10-12-8-13-6-7-14(9-12)20-13;/h12-14,20H,4-10H2,1-3H3,(H,21,22);1H. The van der Waals surface area contributed by atoms with Gasteiger partial charge in [0.25, 0.3) is 0 Å². The lowest BCUT2D eigenvalue weighted by atomic mass is 9.89. The van der Waals surface area contributed by atoms with Crippen molar-refractivity contribution < 1.29 is 14.3 Å². The fourth-order valence-electron chi connectivity index (χ4n) is 4.29. The third kappa shape index (κ3) is 4.59. The molecule has 3 rings (SSSR count). The van der Waals surface area contributed by atoms with E-state index in [-0.39, 0.29) is 24.3 Å². The summed E-state index contributed by atoms with van der Waals surface area (Å²) in [5.74, 6) is 0.121. The van der Waals surface area contributed by atoms with Gasteiger partial charge in [-0.25, -0.2) is 4.79 Å². The first-order valence-corrected chi connectivity index (χ1v) is 10.2. The van der Waals surface area contributed by atoms with Crippen molar-refractivity contribution >= 4 is 40.6 Å². The summed E-state index contributed by atoms with van der Waals surface area (Å²) in [6, 6.07) is 1.17. The molecule has 0 spiro atoms. The molecule has 1 amide bonds. The summed E-state index contributed by atoms with van der Waals surface area (Å²) in [4.78, 5) is 26.0. The van der Waals surface area contributed by atoms with Crippen molar-refractivity contribution in [2.24, 2.45) is 5.92 Å². The van der Waals surface area contributed by atoms with Crippen LogP contribution >= 0.6 is 23.7 Å². The number of nitrogens with one attached hydrogen (secondary N) is 2. The van der Waals surface area contributed by atoms with E-state index < -0.39 is 0 Å². The SMILES string of the molecule is CCOC(=O)c1c(NC(=O)CC2CC3CCC(C2)N3)sc(C)c1CC.Cl. The van der Waals surface area contributed by atoms with Crippen molar-refractivity contribution in [3.05, 3.63) is 16.0 Å². The van der Waals surface area contributed by atoms with Gasteiger partial charge in [0.15, 0.2) is 0 Å². The number of esters is 1. The molecule has 5 nitrogen and oxygen atoms in total. The Morgan fingerprint density at radius 1 is 1.23 bits per heavy atom. The second-order valence-corrected chi connectivity index (χ2v) is 8.37. The maximum atomic E-state index is 12.6. The second kappa shape index (κ2) is 9.20. The number of aryl methyl sites for hydroxylation is 1. The van der Waals surface area contributed by atoms with Crippen LogP contribution in [0.25, 0.3) is 0 Å². The van der Waals surface area contributed by atoms with Crippen molar-refractivity contribution in [2.75, 3.05) is 11.9 Å². The number of anilines is 1. The van der Waals surface area contributed by atoms with Gasteiger partial charge < -0.3 is 15.4 Å². The quantitative estimate of drug-likeness (QED) is 0.706. The fourth-order valence-corrected chi connectivity index (χ4v) is 5.44. The minimum absolute atomic E-state index is 0. The molecular weight excluding hydrogens is 372 g/mol. The van der Waals surface area contributed by atoms with E-state index in [1.165, 1.54) is 24.2 Å². The van der Waals surface area contributed by atoms with Crippen LogP contribution in [-0.2, 0) is 16.0 Å². The average Bonchev–Trinajstić information content (AvgIpc) is 3.06. The van der Waals surface area contributed by atoms with Crippen LogP contribution in [0.2, 0.25) is 0 Å². The third-order valence-corrected chi connectivity index (χ3v) is 6.40. The predicted molar refractivity (Wildman–Crippen MR) is 108 cm³/mol. The molecule has 0 radical (unpaired) electrons. The number of rotatable bonds is 6. The number of halogens is 1. The number of hydrogen-bond donors (Lipinski definition) is 2. The first-order chi connectivity index (χ1) is 12.0. The molecule has 7 heteroatoms. The Morgan fingerprint density at radius 2 is 1.88 bits per heavy atom. The van der Waals surface area contributed by atoms with Crippen LogP contribution in [0.5, 0.6) is 0 Å². The minimum atomic E-state index is -0.334. The Hall–Kier alpha value is -1.11. The van der Waals surface area contributed by atoms with E-state index in [0.717, 1.165) is 29.7 Å². The Balaban J connectivity index is 0.00000243. The Kier molecular flexibility index (Phi) is 7.50. The van der Waals surface area contributed by atoms with E-state index in [1.807, 2.05) is 13.8 Å². The number of ether oxygens (including phenoxy) is 1. The average molecular weight is 401 g/mol. The highest BCUT2D eigenvalue weighted by molar-refractivity contribution is 7.16. The number of amides is 1. The molecule has 2 atom stereocenters. The highest BCUT2D eigenvalue weighted by atomic mass is 35.5. The summed E-state index contributed by atoms with van der Waals surface area (Å²) in [5, 5.41) is 7.26. The summed E-state index contributed by atoms with van der Waals surface area (Å²) >= 11 is 1.48. The summed E-state index contributed by atoms with van der Waals surface area (Å²) in [6.45, 7) is 6.15. The van der Waals surface area contributed by atoms with Gasteiger partial charge in [-0.3, -0.25) is 4.79 Å². The van der Waals surface area contributed by atoms with Crippen LogP contribution in [-0.4, -0.2) is 30.6 Å². The number of fused-ring (bicyclic) bond motifs is 2. The van der Waals surface area contributed by atoms with Crippen LogP contribution in [0, 0.1) is 12.8 Å². The van der Waals surface area contributed by atoms with Crippen molar-refractivity contribution in [1.29, 1.82) is 0 Å². The van der Waals surface area contributed by atoms with E-state index in [9.17, 15) is 9.59 Å². The maximum absolute atomic E-state index is 12.6. The Labute approximate surface area is 165 Å². The van der Waals surface area contributed by atoms with E-state index in [0.29, 0.717) is 41.6 Å². The molecule has 2 bridgehead atoms. The summed E-state index contributed by atoms with van der Waals surface area (Å²) < 4.78 is 5.20. The van der Waals surface area contributed by atoms with E-state index in [4.69, 9.17) is 4.74 Å². The first kappa shape index (κ1) is 21.2. The molecule has 2 aliphatic rings. The second-order valence-electron chi connectivity index (χ2n) is 7.14. The van der Waals surface area contributed by atoms with Crippen LogP contribution in [0.15, 0.2) is 0 Å². The lowest BCUT2D eigenvalue weighted by Crippen LogP contribution is -2.39. The topological polar surface area (TPSA) is 67.4 Å². The van der Waals surface area contributed by atoms with E-state index >= 15 is 0 Å². The van der Waals surface area contributed by atoms with Gasteiger partial charge in [-0.2, -0.15) is 0 Å². The molecule has 2 aliphatic heterocycles. The number of hydrogen-bond acceptors (Lipinski definition) is 5. The van der Waals surface area contributed by atoms with Crippen molar-refractivity contribution in [3.8, 4) is 0 Å². The molecule has 2 saturated heterocycles. The molecule has 0 aliphatic carbocycles. The molecular formula is C19H29ClN2O3S. The monoisotopic (exact) mass is 400 g/mol. The van der Waals surface area contributed by atoms with Gasteiger partial charge in [0.2, 0.25) is 5.91 Å². The molecule has 3 heterocycles. The lowest BCUT2D eigenvalue weighted by molar-refractivity contribution is -0.117. The van der Waals surface area contributed by atoms with Crippen LogP contribution in [0.4, 0.5) is 5.00 Å². The third-order valence-electron chi connectivity index (χ3n) is 5.34. The molecule has 2 fully saturated rings. The normalized spacial score (nSPS) is 24.0. The Morgan fingerprint density at radius 3 is 2.46 bits per heavy atom. The first-order valence-electron chi connectivity index (χ1n) is 9.37. The summed E-state index contributed by atoms with van der Waals surface area (Å²) in [5.41, 5.74) is 1.53. The van der Waals surface area contributed by atoms with Gasteiger partial charge in [-0.15, -0.1) is 23.7 Å². The van der Waals surface area contributed by atoms with Crippen LogP contribution in [0.3, 0.4) is 0 Å². The maximum Gasteiger partial charge on any atom is 0.341 e. The smallest absolute Gasteiger partial charge is 0.341 e. The van der Waals surface area contributed by atoms with E-state index in [2.05, 4.69) is 10.6 Å². The zero-order chi connectivity index (χ0) is 18.0. The Bertz CT molecular complexity index is 649. The molecule has 146 valence electrons. The van der Waals surface area contributed by atoms with Crippen LogP contribution < -0.4 is 10.6 Å². The molecule has 0 aromatic carbocycles. The van der Waals surface area contributed by atoms with Crippen molar-refractivity contribution in [2.45, 2.75) is 71.4 Å². The number of piperidine rings is 1. The summed E-state index contributed by atoms with van der Waals surface area (Å²) in [7, 11) is 0. The molecule has 1 aromatic rings. The largest absolute Gasteiger partial charge is 0.462 e. The van der Waals surface area contributed by atoms with Gasteiger partial charge in [0.1, 0.15) is 5.00 Å². The molecule has 1 aromatic heterocycles. The summed E-state index contributed by atoms with van der Waals surface area (Å²) in [6.07, 6.45) is 5.93. The zero-order valence-electron chi connectivity index (χ0n) is 15.7. The van der Waals surface area contributed by atoms with Gasteiger partial charge in [-0.05, 0) is 57.4 Å². The zero-order valence-corrected chi connectivity index (χ0v) is 17.4.